The molecule has 112 valence electrons. The Balaban J connectivity index is 2.46. The number of benzene rings is 1. The van der Waals surface area contributed by atoms with Crippen molar-refractivity contribution in [3.63, 3.8) is 0 Å². The van der Waals surface area contributed by atoms with Gasteiger partial charge in [-0.3, -0.25) is 0 Å². The van der Waals surface area contributed by atoms with E-state index in [0.717, 1.165) is 18.8 Å². The quantitative estimate of drug-likeness (QED) is 0.626. The Morgan fingerprint density at radius 1 is 1.15 bits per heavy atom. The Kier molecular flexibility index (Phi) is 7.78. The molecule has 1 atom stereocenters. The number of carbonyl (C=O) groups is 1. The van der Waals surface area contributed by atoms with Crippen LogP contribution in [-0.4, -0.2) is 19.2 Å². The third-order valence-corrected chi connectivity index (χ3v) is 3.39. The second kappa shape index (κ2) is 9.40. The van der Waals surface area contributed by atoms with Crippen LogP contribution >= 0.6 is 0 Å². The van der Waals surface area contributed by atoms with Gasteiger partial charge in [0.25, 0.3) is 0 Å². The van der Waals surface area contributed by atoms with Crippen LogP contribution in [0, 0.1) is 5.92 Å². The van der Waals surface area contributed by atoms with E-state index in [2.05, 4.69) is 13.8 Å². The van der Waals surface area contributed by atoms with Gasteiger partial charge in [-0.2, -0.15) is 0 Å². The lowest BCUT2D eigenvalue weighted by atomic mass is 10.0. The van der Waals surface area contributed by atoms with Gasteiger partial charge in [-0.25, -0.2) is 4.79 Å². The van der Waals surface area contributed by atoms with Crippen LogP contribution in [0.4, 0.5) is 0 Å². The van der Waals surface area contributed by atoms with Crippen molar-refractivity contribution in [1.82, 2.24) is 0 Å². The molecule has 1 aromatic rings. The zero-order valence-electron chi connectivity index (χ0n) is 12.9. The highest BCUT2D eigenvalue weighted by Crippen LogP contribution is 2.17. The number of unbranched alkanes of at least 4 members (excludes halogenated alkanes) is 1. The minimum Gasteiger partial charge on any atom is -0.493 e. The first-order valence-electron chi connectivity index (χ1n) is 7.61. The molecule has 0 radical (unpaired) electrons. The van der Waals surface area contributed by atoms with Gasteiger partial charge in [0.05, 0.1) is 18.8 Å². The van der Waals surface area contributed by atoms with Gasteiger partial charge in [-0.05, 0) is 43.5 Å². The van der Waals surface area contributed by atoms with Gasteiger partial charge in [-0.1, -0.05) is 33.1 Å². The van der Waals surface area contributed by atoms with Gasteiger partial charge < -0.3 is 9.47 Å². The van der Waals surface area contributed by atoms with Crippen LogP contribution in [0.5, 0.6) is 5.75 Å². The van der Waals surface area contributed by atoms with E-state index < -0.39 is 0 Å². The maximum absolute atomic E-state index is 11.5. The zero-order chi connectivity index (χ0) is 14.8. The van der Waals surface area contributed by atoms with Crippen molar-refractivity contribution in [1.29, 1.82) is 0 Å². The molecule has 20 heavy (non-hydrogen) atoms. The van der Waals surface area contributed by atoms with Crippen LogP contribution in [0.25, 0.3) is 0 Å². The zero-order valence-corrected chi connectivity index (χ0v) is 12.9. The van der Waals surface area contributed by atoms with Crippen molar-refractivity contribution in [3.05, 3.63) is 29.8 Å². The summed E-state index contributed by atoms with van der Waals surface area (Å²) in [6, 6.07) is 7.16. The molecule has 0 amide bonds. The molecular formula is C17H26O3. The highest BCUT2D eigenvalue weighted by Gasteiger charge is 2.08. The van der Waals surface area contributed by atoms with E-state index in [0.29, 0.717) is 18.1 Å². The summed E-state index contributed by atoms with van der Waals surface area (Å²) in [7, 11) is 0. The highest BCUT2D eigenvalue weighted by atomic mass is 16.5. The third kappa shape index (κ3) is 5.64. The molecule has 3 heteroatoms. The summed E-state index contributed by atoms with van der Waals surface area (Å²) in [5.41, 5.74) is 0.567. The summed E-state index contributed by atoms with van der Waals surface area (Å²) in [5.74, 6) is 1.14. The summed E-state index contributed by atoms with van der Waals surface area (Å²) in [6.45, 7) is 7.35. The van der Waals surface area contributed by atoms with Gasteiger partial charge in [0.1, 0.15) is 5.75 Å². The molecule has 0 spiro atoms. The lowest BCUT2D eigenvalue weighted by Crippen LogP contribution is -2.11. The molecule has 0 saturated carbocycles. The molecular weight excluding hydrogens is 252 g/mol. The first-order chi connectivity index (χ1) is 9.71. The second-order valence-electron chi connectivity index (χ2n) is 4.97. The summed E-state index contributed by atoms with van der Waals surface area (Å²) in [4.78, 5) is 11.5. The standard InChI is InChI=1S/C17H26O3/c1-4-7-8-14(5-2)13-20-16-11-9-15(10-12-16)17(18)19-6-3/h9-12,14H,4-8,13H2,1-3H3. The molecule has 0 heterocycles. The number of hydrogen-bond acceptors (Lipinski definition) is 3. The SMILES string of the molecule is CCCCC(CC)COc1ccc(C(=O)OCC)cc1. The van der Waals surface area contributed by atoms with Crippen LogP contribution in [-0.2, 0) is 4.74 Å². The van der Waals surface area contributed by atoms with Crippen molar-refractivity contribution in [2.75, 3.05) is 13.2 Å². The predicted molar refractivity (Wildman–Crippen MR) is 81.2 cm³/mol. The molecule has 0 aliphatic rings. The smallest absolute Gasteiger partial charge is 0.338 e. The molecule has 0 aliphatic heterocycles. The first-order valence-corrected chi connectivity index (χ1v) is 7.61. The topological polar surface area (TPSA) is 35.5 Å². The van der Waals surface area contributed by atoms with E-state index in [1.807, 2.05) is 12.1 Å². The Labute approximate surface area is 122 Å². The van der Waals surface area contributed by atoms with E-state index in [1.165, 1.54) is 19.3 Å². The minimum absolute atomic E-state index is 0.284. The van der Waals surface area contributed by atoms with Gasteiger partial charge in [0.2, 0.25) is 0 Å². The third-order valence-electron chi connectivity index (χ3n) is 3.39. The number of esters is 1. The van der Waals surface area contributed by atoms with Crippen molar-refractivity contribution in [3.8, 4) is 5.75 Å². The van der Waals surface area contributed by atoms with Gasteiger partial charge >= 0.3 is 5.97 Å². The summed E-state index contributed by atoms with van der Waals surface area (Å²) < 4.78 is 10.7. The molecule has 1 unspecified atom stereocenters. The molecule has 0 fully saturated rings. The lowest BCUT2D eigenvalue weighted by Gasteiger charge is -2.15. The Morgan fingerprint density at radius 3 is 2.40 bits per heavy atom. The van der Waals surface area contributed by atoms with E-state index in [4.69, 9.17) is 9.47 Å². The van der Waals surface area contributed by atoms with Crippen molar-refractivity contribution < 1.29 is 14.3 Å². The molecule has 0 aromatic heterocycles. The molecule has 0 N–H and O–H groups in total. The van der Waals surface area contributed by atoms with Crippen LogP contribution in [0.1, 0.15) is 56.8 Å². The summed E-state index contributed by atoms with van der Waals surface area (Å²) >= 11 is 0. The van der Waals surface area contributed by atoms with Crippen LogP contribution in [0.2, 0.25) is 0 Å². The Bertz CT molecular complexity index is 384. The van der Waals surface area contributed by atoms with E-state index in [-0.39, 0.29) is 5.97 Å². The minimum atomic E-state index is -0.284. The van der Waals surface area contributed by atoms with Crippen LogP contribution < -0.4 is 4.74 Å². The highest BCUT2D eigenvalue weighted by molar-refractivity contribution is 5.89. The Hall–Kier alpha value is -1.51. The first kappa shape index (κ1) is 16.5. The number of carbonyl (C=O) groups excluding carboxylic acids is 1. The molecule has 3 nitrogen and oxygen atoms in total. The maximum atomic E-state index is 11.5. The van der Waals surface area contributed by atoms with Crippen molar-refractivity contribution in [2.24, 2.45) is 5.92 Å². The molecule has 1 rings (SSSR count). The molecule has 1 aromatic carbocycles. The normalized spacial score (nSPS) is 11.9. The summed E-state index contributed by atoms with van der Waals surface area (Å²) in [6.07, 6.45) is 4.84. The lowest BCUT2D eigenvalue weighted by molar-refractivity contribution is 0.0526. The van der Waals surface area contributed by atoms with Gasteiger partial charge in [0.15, 0.2) is 0 Å². The summed E-state index contributed by atoms with van der Waals surface area (Å²) in [5, 5.41) is 0. The predicted octanol–water partition coefficient (Wildman–Crippen LogP) is 4.46. The average molecular weight is 278 g/mol. The van der Waals surface area contributed by atoms with Crippen molar-refractivity contribution >= 4 is 5.97 Å². The number of ether oxygens (including phenoxy) is 2. The van der Waals surface area contributed by atoms with Gasteiger partial charge in [0, 0.05) is 0 Å². The van der Waals surface area contributed by atoms with E-state index in [1.54, 1.807) is 19.1 Å². The molecule has 0 aliphatic carbocycles. The van der Waals surface area contributed by atoms with Gasteiger partial charge in [-0.15, -0.1) is 0 Å². The maximum Gasteiger partial charge on any atom is 0.338 e. The largest absolute Gasteiger partial charge is 0.493 e. The monoisotopic (exact) mass is 278 g/mol. The number of hydrogen-bond donors (Lipinski definition) is 0. The second-order valence-corrected chi connectivity index (χ2v) is 4.97. The van der Waals surface area contributed by atoms with Crippen LogP contribution in [0.3, 0.4) is 0 Å². The fraction of sp³-hybridized carbons (Fsp3) is 0.588. The molecule has 0 saturated heterocycles. The van der Waals surface area contributed by atoms with Crippen molar-refractivity contribution in [2.45, 2.75) is 46.5 Å². The van der Waals surface area contributed by atoms with E-state index in [9.17, 15) is 4.79 Å². The molecule has 0 bridgehead atoms. The fourth-order valence-electron chi connectivity index (χ4n) is 2.01. The number of rotatable bonds is 9. The Morgan fingerprint density at radius 2 is 1.85 bits per heavy atom. The fourth-order valence-corrected chi connectivity index (χ4v) is 2.01. The van der Waals surface area contributed by atoms with Crippen LogP contribution in [0.15, 0.2) is 24.3 Å². The van der Waals surface area contributed by atoms with E-state index >= 15 is 0 Å². The average Bonchev–Trinajstić information content (AvgIpc) is 2.48.